The molecule has 1 aromatic rings. The van der Waals surface area contributed by atoms with Gasteiger partial charge in [0.15, 0.2) is 0 Å². The van der Waals surface area contributed by atoms with Gasteiger partial charge < -0.3 is 49.0 Å². The fourth-order valence-corrected chi connectivity index (χ4v) is 2.92. The number of H-pyrrole nitrogens is 1. The molecule has 6 amide bonds. The number of carbonyl (C=O) groups is 7. The molecule has 4 atom stereocenters. The van der Waals surface area contributed by atoms with E-state index in [9.17, 15) is 38.7 Å². The maximum atomic E-state index is 13.0. The van der Waals surface area contributed by atoms with Gasteiger partial charge in [0, 0.05) is 24.7 Å². The highest BCUT2D eigenvalue weighted by Gasteiger charge is 2.31. The molecule has 0 spiro atoms. The monoisotopic (exact) mass is 511 g/mol. The molecule has 0 bridgehead atoms. The first-order chi connectivity index (χ1) is 16.8. The SMILES string of the molecule is NC(=O)CCC(NC(=O)C(Cc1cnc[nH]1)NC(=O)C(N)CC(N)=O)C(=O)NC(CC(N)=O)C(=O)O. The van der Waals surface area contributed by atoms with Crippen molar-refractivity contribution in [2.45, 2.75) is 56.3 Å². The highest BCUT2D eigenvalue weighted by atomic mass is 16.4. The Morgan fingerprint density at radius 1 is 0.833 bits per heavy atom. The number of aliphatic carboxylic acids is 1. The summed E-state index contributed by atoms with van der Waals surface area (Å²) in [5.41, 5.74) is 21.2. The lowest BCUT2D eigenvalue weighted by molar-refractivity contribution is -0.144. The molecule has 0 aliphatic heterocycles. The van der Waals surface area contributed by atoms with Gasteiger partial charge in [0.1, 0.15) is 18.1 Å². The average Bonchev–Trinajstić information content (AvgIpc) is 3.27. The summed E-state index contributed by atoms with van der Waals surface area (Å²) in [5, 5.41) is 15.9. The Balaban J connectivity index is 3.10. The zero-order valence-corrected chi connectivity index (χ0v) is 19.1. The van der Waals surface area contributed by atoms with Crippen LogP contribution in [0.5, 0.6) is 0 Å². The van der Waals surface area contributed by atoms with Crippen molar-refractivity contribution in [2.24, 2.45) is 22.9 Å². The van der Waals surface area contributed by atoms with Crippen molar-refractivity contribution in [2.75, 3.05) is 0 Å². The number of aromatic nitrogens is 2. The molecular formula is C19H29N9O8. The topological polar surface area (TPSA) is 309 Å². The predicted octanol–water partition coefficient (Wildman–Crippen LogP) is -5.17. The first-order valence-electron chi connectivity index (χ1n) is 10.5. The zero-order chi connectivity index (χ0) is 27.4. The number of hydrogen-bond acceptors (Lipinski definition) is 9. The third-order valence-corrected chi connectivity index (χ3v) is 4.70. The van der Waals surface area contributed by atoms with Gasteiger partial charge in [0.25, 0.3) is 0 Å². The average molecular weight is 511 g/mol. The van der Waals surface area contributed by atoms with Crippen LogP contribution in [0.4, 0.5) is 0 Å². The van der Waals surface area contributed by atoms with Crippen molar-refractivity contribution in [1.82, 2.24) is 25.9 Å². The van der Waals surface area contributed by atoms with E-state index in [4.69, 9.17) is 22.9 Å². The Bertz CT molecular complexity index is 982. The van der Waals surface area contributed by atoms with Crippen LogP contribution >= 0.6 is 0 Å². The molecule has 0 aliphatic rings. The maximum absolute atomic E-state index is 13.0. The predicted molar refractivity (Wildman–Crippen MR) is 120 cm³/mol. The van der Waals surface area contributed by atoms with Crippen molar-refractivity contribution >= 4 is 41.4 Å². The number of carbonyl (C=O) groups excluding carboxylic acids is 6. The lowest BCUT2D eigenvalue weighted by Gasteiger charge is -2.24. The molecular weight excluding hydrogens is 482 g/mol. The van der Waals surface area contributed by atoms with E-state index in [1.807, 2.05) is 0 Å². The molecule has 17 nitrogen and oxygen atoms in total. The fraction of sp³-hybridized carbons (Fsp3) is 0.474. The van der Waals surface area contributed by atoms with E-state index in [-0.39, 0.29) is 19.3 Å². The second-order valence-electron chi connectivity index (χ2n) is 7.76. The lowest BCUT2D eigenvalue weighted by atomic mass is 10.1. The molecule has 1 aromatic heterocycles. The van der Waals surface area contributed by atoms with E-state index in [1.54, 1.807) is 0 Å². The molecule has 0 aromatic carbocycles. The molecule has 0 aliphatic carbocycles. The number of carboxylic acids is 1. The van der Waals surface area contributed by atoms with Crippen LogP contribution in [0, 0.1) is 0 Å². The number of amides is 6. The summed E-state index contributed by atoms with van der Waals surface area (Å²) in [6.45, 7) is 0. The lowest BCUT2D eigenvalue weighted by Crippen LogP contribution is -2.58. The summed E-state index contributed by atoms with van der Waals surface area (Å²) in [6.07, 6.45) is 0.616. The Morgan fingerprint density at radius 3 is 1.89 bits per heavy atom. The summed E-state index contributed by atoms with van der Waals surface area (Å²) in [6, 6.07) is -5.89. The summed E-state index contributed by atoms with van der Waals surface area (Å²) in [7, 11) is 0. The molecule has 4 unspecified atom stereocenters. The number of hydrogen-bond donors (Lipinski definition) is 9. The number of nitrogens with one attached hydrogen (secondary N) is 4. The minimum absolute atomic E-state index is 0.148. The highest BCUT2D eigenvalue weighted by molar-refractivity contribution is 5.95. The smallest absolute Gasteiger partial charge is 0.326 e. The van der Waals surface area contributed by atoms with Crippen LogP contribution < -0.4 is 38.9 Å². The Labute approximate surface area is 204 Å². The van der Waals surface area contributed by atoms with Gasteiger partial charge in [-0.25, -0.2) is 9.78 Å². The Hall–Kier alpha value is -4.54. The minimum Gasteiger partial charge on any atom is -0.480 e. The Kier molecular flexibility index (Phi) is 11.5. The first kappa shape index (κ1) is 29.5. The normalized spacial score (nSPS) is 13.9. The van der Waals surface area contributed by atoms with Crippen molar-refractivity contribution in [3.8, 4) is 0 Å². The molecule has 0 saturated carbocycles. The van der Waals surface area contributed by atoms with Crippen molar-refractivity contribution < 1.29 is 38.7 Å². The number of aromatic amines is 1. The van der Waals surface area contributed by atoms with Crippen molar-refractivity contribution in [3.05, 3.63) is 18.2 Å². The van der Waals surface area contributed by atoms with E-state index in [2.05, 4.69) is 25.9 Å². The molecule has 0 fully saturated rings. The van der Waals surface area contributed by atoms with Crippen LogP contribution in [0.3, 0.4) is 0 Å². The summed E-state index contributed by atoms with van der Waals surface area (Å²) in [5.74, 6) is -7.08. The van der Waals surface area contributed by atoms with Gasteiger partial charge in [-0.2, -0.15) is 0 Å². The Morgan fingerprint density at radius 2 is 1.39 bits per heavy atom. The van der Waals surface area contributed by atoms with Crippen molar-refractivity contribution in [1.29, 1.82) is 0 Å². The van der Waals surface area contributed by atoms with Crippen LogP contribution in [0.1, 0.15) is 31.4 Å². The van der Waals surface area contributed by atoms with Gasteiger partial charge >= 0.3 is 5.97 Å². The molecule has 1 rings (SSSR count). The maximum Gasteiger partial charge on any atom is 0.326 e. The van der Waals surface area contributed by atoms with E-state index in [0.717, 1.165) is 0 Å². The number of rotatable bonds is 16. The van der Waals surface area contributed by atoms with Gasteiger partial charge in [-0.15, -0.1) is 0 Å². The third-order valence-electron chi connectivity index (χ3n) is 4.70. The number of imidazole rings is 1. The number of primary amides is 3. The van der Waals surface area contributed by atoms with Crippen LogP contribution in [0.25, 0.3) is 0 Å². The highest BCUT2D eigenvalue weighted by Crippen LogP contribution is 2.05. The second-order valence-corrected chi connectivity index (χ2v) is 7.76. The molecule has 1 heterocycles. The molecule has 13 N–H and O–H groups in total. The van der Waals surface area contributed by atoms with Gasteiger partial charge in [0.05, 0.1) is 25.2 Å². The van der Waals surface area contributed by atoms with Crippen molar-refractivity contribution in [3.63, 3.8) is 0 Å². The molecule has 36 heavy (non-hydrogen) atoms. The number of carboxylic acid groups (broad SMARTS) is 1. The molecule has 0 saturated heterocycles. The fourth-order valence-electron chi connectivity index (χ4n) is 2.92. The third kappa shape index (κ3) is 10.6. The van der Waals surface area contributed by atoms with E-state index in [0.29, 0.717) is 5.69 Å². The van der Waals surface area contributed by atoms with E-state index < -0.39 is 78.4 Å². The summed E-state index contributed by atoms with van der Waals surface area (Å²) >= 11 is 0. The van der Waals surface area contributed by atoms with Gasteiger partial charge in [0.2, 0.25) is 35.4 Å². The van der Waals surface area contributed by atoms with Crippen LogP contribution in [-0.4, -0.2) is 80.7 Å². The largest absolute Gasteiger partial charge is 0.480 e. The summed E-state index contributed by atoms with van der Waals surface area (Å²) in [4.78, 5) is 89.4. The number of nitrogens with two attached hydrogens (primary N) is 4. The van der Waals surface area contributed by atoms with Crippen LogP contribution in [-0.2, 0) is 40.0 Å². The minimum atomic E-state index is -1.70. The zero-order valence-electron chi connectivity index (χ0n) is 19.1. The summed E-state index contributed by atoms with van der Waals surface area (Å²) < 4.78 is 0. The molecule has 17 heteroatoms. The van der Waals surface area contributed by atoms with E-state index in [1.165, 1.54) is 12.5 Å². The quantitative estimate of drug-likeness (QED) is 0.102. The van der Waals surface area contributed by atoms with Crippen LogP contribution in [0.2, 0.25) is 0 Å². The van der Waals surface area contributed by atoms with Gasteiger partial charge in [-0.05, 0) is 6.42 Å². The van der Waals surface area contributed by atoms with E-state index >= 15 is 0 Å². The van der Waals surface area contributed by atoms with Crippen LogP contribution in [0.15, 0.2) is 12.5 Å². The van der Waals surface area contributed by atoms with Gasteiger partial charge in [-0.3, -0.25) is 28.8 Å². The second kappa shape index (κ2) is 14.0. The van der Waals surface area contributed by atoms with Gasteiger partial charge in [-0.1, -0.05) is 0 Å². The number of nitrogens with zero attached hydrogens (tertiary/aromatic N) is 1. The molecule has 198 valence electrons. The first-order valence-corrected chi connectivity index (χ1v) is 10.5. The standard InChI is InChI=1S/C19H29N9O8/c20-9(4-14(22)30)16(32)27-11(3-8-6-24-7-25-8)18(34)26-10(1-2-13(21)29)17(33)28-12(19(35)36)5-15(23)31/h6-7,9-12H,1-5,20H2,(H2,21,29)(H2,22,30)(H2,23,31)(H,24,25)(H,26,34)(H,27,32)(H,28,33)(H,35,36). The molecule has 0 radical (unpaired) electrons.